The van der Waals surface area contributed by atoms with Crippen LogP contribution in [0.1, 0.15) is 24.4 Å². The third kappa shape index (κ3) is 2.51. The van der Waals surface area contributed by atoms with E-state index in [2.05, 4.69) is 5.43 Å². The van der Waals surface area contributed by atoms with Gasteiger partial charge in [0.15, 0.2) is 0 Å². The van der Waals surface area contributed by atoms with Gasteiger partial charge in [-0.25, -0.2) is 4.39 Å². The lowest BCUT2D eigenvalue weighted by Crippen LogP contribution is -2.34. The second-order valence-corrected chi connectivity index (χ2v) is 5.65. The Labute approximate surface area is 104 Å². The van der Waals surface area contributed by atoms with E-state index >= 15 is 0 Å². The topological polar surface area (TPSA) is 38.0 Å². The lowest BCUT2D eigenvalue weighted by molar-refractivity contribution is 0.489. The molecule has 2 atom stereocenters. The average molecular weight is 261 g/mol. The summed E-state index contributed by atoms with van der Waals surface area (Å²) in [4.78, 5) is 0. The van der Waals surface area contributed by atoms with Gasteiger partial charge in [0.05, 0.1) is 6.04 Å². The number of rotatable bonds is 3. The zero-order chi connectivity index (χ0) is 11.5. The molecule has 0 saturated carbocycles. The van der Waals surface area contributed by atoms with Gasteiger partial charge in [-0.2, -0.15) is 11.8 Å². The second kappa shape index (κ2) is 5.36. The van der Waals surface area contributed by atoms with Gasteiger partial charge in [0.1, 0.15) is 5.82 Å². The highest BCUT2D eigenvalue weighted by Crippen LogP contribution is 2.36. The van der Waals surface area contributed by atoms with Gasteiger partial charge in [0.2, 0.25) is 0 Å². The van der Waals surface area contributed by atoms with Gasteiger partial charge in [-0.05, 0) is 30.7 Å². The summed E-state index contributed by atoms with van der Waals surface area (Å²) in [5, 5.41) is 0.761. The fraction of sp³-hybridized carbons (Fsp3) is 0.455. The molecule has 1 aliphatic heterocycles. The first kappa shape index (κ1) is 12.2. The maximum atomic E-state index is 13.8. The first-order chi connectivity index (χ1) is 7.72. The molecule has 2 unspecified atom stereocenters. The molecule has 1 aromatic carbocycles. The summed E-state index contributed by atoms with van der Waals surface area (Å²) < 4.78 is 13.8. The SMILES string of the molecule is NNC(c1ccc(Cl)cc1F)C1CCCS1. The van der Waals surface area contributed by atoms with Crippen molar-refractivity contribution < 1.29 is 4.39 Å². The molecular weight excluding hydrogens is 247 g/mol. The van der Waals surface area contributed by atoms with Crippen LogP contribution in [0.4, 0.5) is 4.39 Å². The minimum Gasteiger partial charge on any atom is -0.271 e. The Morgan fingerprint density at radius 1 is 1.56 bits per heavy atom. The molecule has 1 aromatic rings. The quantitative estimate of drug-likeness (QED) is 0.648. The first-order valence-corrected chi connectivity index (χ1v) is 6.67. The summed E-state index contributed by atoms with van der Waals surface area (Å²) in [5.41, 5.74) is 3.32. The molecule has 5 heteroatoms. The Kier molecular flexibility index (Phi) is 4.08. The molecule has 1 aliphatic rings. The van der Waals surface area contributed by atoms with Crippen LogP contribution in [0.15, 0.2) is 18.2 Å². The number of halogens is 2. The number of nitrogens with two attached hydrogens (primary N) is 1. The first-order valence-electron chi connectivity index (χ1n) is 5.25. The highest BCUT2D eigenvalue weighted by atomic mass is 35.5. The zero-order valence-corrected chi connectivity index (χ0v) is 10.3. The number of nitrogens with one attached hydrogen (secondary N) is 1. The number of hydrogen-bond acceptors (Lipinski definition) is 3. The van der Waals surface area contributed by atoms with Crippen LogP contribution in [-0.4, -0.2) is 11.0 Å². The molecule has 0 aromatic heterocycles. The van der Waals surface area contributed by atoms with Crippen molar-refractivity contribution >= 4 is 23.4 Å². The number of hydrogen-bond donors (Lipinski definition) is 2. The lowest BCUT2D eigenvalue weighted by Gasteiger charge is -2.22. The van der Waals surface area contributed by atoms with Crippen molar-refractivity contribution in [3.05, 3.63) is 34.6 Å². The molecule has 0 amide bonds. The maximum Gasteiger partial charge on any atom is 0.129 e. The molecule has 0 spiro atoms. The van der Waals surface area contributed by atoms with E-state index in [4.69, 9.17) is 17.4 Å². The van der Waals surface area contributed by atoms with E-state index in [9.17, 15) is 4.39 Å². The predicted octanol–water partition coefficient (Wildman–Crippen LogP) is 2.88. The Hall–Kier alpha value is -0.290. The predicted molar refractivity (Wildman–Crippen MR) is 67.0 cm³/mol. The van der Waals surface area contributed by atoms with E-state index in [0.717, 1.165) is 12.2 Å². The Morgan fingerprint density at radius 3 is 2.94 bits per heavy atom. The molecule has 16 heavy (non-hydrogen) atoms. The van der Waals surface area contributed by atoms with E-state index in [0.29, 0.717) is 15.8 Å². The summed E-state index contributed by atoms with van der Waals surface area (Å²) in [5.74, 6) is 6.36. The van der Waals surface area contributed by atoms with Crippen molar-refractivity contribution in [2.45, 2.75) is 24.1 Å². The third-order valence-corrected chi connectivity index (χ3v) is 4.51. The fourth-order valence-corrected chi connectivity index (χ4v) is 3.56. The molecule has 2 nitrogen and oxygen atoms in total. The number of thioether (sulfide) groups is 1. The normalized spacial score (nSPS) is 22.3. The van der Waals surface area contributed by atoms with Crippen LogP contribution >= 0.6 is 23.4 Å². The molecule has 3 N–H and O–H groups in total. The van der Waals surface area contributed by atoms with Gasteiger partial charge in [-0.15, -0.1) is 0 Å². The third-order valence-electron chi connectivity index (χ3n) is 2.81. The Morgan fingerprint density at radius 2 is 2.38 bits per heavy atom. The van der Waals surface area contributed by atoms with Crippen LogP contribution in [0, 0.1) is 5.82 Å². The van der Waals surface area contributed by atoms with Gasteiger partial charge < -0.3 is 0 Å². The summed E-state index contributed by atoms with van der Waals surface area (Å²) in [6.45, 7) is 0. The van der Waals surface area contributed by atoms with E-state index in [1.54, 1.807) is 12.1 Å². The molecule has 0 aliphatic carbocycles. The molecule has 1 heterocycles. The van der Waals surface area contributed by atoms with Crippen LogP contribution in [0.2, 0.25) is 5.02 Å². The lowest BCUT2D eigenvalue weighted by atomic mass is 10.0. The largest absolute Gasteiger partial charge is 0.271 e. The highest BCUT2D eigenvalue weighted by Gasteiger charge is 2.27. The van der Waals surface area contributed by atoms with Crippen LogP contribution < -0.4 is 11.3 Å². The van der Waals surface area contributed by atoms with Crippen molar-refractivity contribution in [2.75, 3.05) is 5.75 Å². The van der Waals surface area contributed by atoms with Crippen molar-refractivity contribution in [3.8, 4) is 0 Å². The Bertz CT molecular complexity index is 369. The summed E-state index contributed by atoms with van der Waals surface area (Å²) >= 11 is 7.57. The minimum atomic E-state index is -0.289. The van der Waals surface area contributed by atoms with Crippen molar-refractivity contribution in [1.29, 1.82) is 0 Å². The molecule has 0 bridgehead atoms. The molecule has 0 radical (unpaired) electrons. The van der Waals surface area contributed by atoms with Gasteiger partial charge in [-0.3, -0.25) is 11.3 Å². The molecule has 1 fully saturated rings. The zero-order valence-electron chi connectivity index (χ0n) is 8.75. The maximum absolute atomic E-state index is 13.8. The number of hydrazine groups is 1. The smallest absolute Gasteiger partial charge is 0.129 e. The van der Waals surface area contributed by atoms with Crippen molar-refractivity contribution in [3.63, 3.8) is 0 Å². The van der Waals surface area contributed by atoms with Crippen molar-refractivity contribution in [2.24, 2.45) is 5.84 Å². The van der Waals surface area contributed by atoms with Crippen LogP contribution in [0.25, 0.3) is 0 Å². The van der Waals surface area contributed by atoms with Crippen molar-refractivity contribution in [1.82, 2.24) is 5.43 Å². The van der Waals surface area contributed by atoms with E-state index in [1.807, 2.05) is 11.8 Å². The summed E-state index contributed by atoms with van der Waals surface area (Å²) in [6, 6.07) is 4.61. The van der Waals surface area contributed by atoms with Gasteiger partial charge in [0.25, 0.3) is 0 Å². The van der Waals surface area contributed by atoms with Gasteiger partial charge >= 0.3 is 0 Å². The van der Waals surface area contributed by atoms with Crippen LogP contribution in [-0.2, 0) is 0 Å². The van der Waals surface area contributed by atoms with Crippen LogP contribution in [0.3, 0.4) is 0 Å². The van der Waals surface area contributed by atoms with Gasteiger partial charge in [-0.1, -0.05) is 17.7 Å². The molecule has 2 rings (SSSR count). The second-order valence-electron chi connectivity index (χ2n) is 3.86. The Balaban J connectivity index is 2.25. The van der Waals surface area contributed by atoms with E-state index in [-0.39, 0.29) is 11.9 Å². The van der Waals surface area contributed by atoms with E-state index < -0.39 is 0 Å². The standard InChI is InChI=1S/C11H14ClFN2S/c12-7-3-4-8(9(13)6-7)11(15-14)10-2-1-5-16-10/h3-4,6,10-11,15H,1-2,5,14H2. The monoisotopic (exact) mass is 260 g/mol. The minimum absolute atomic E-state index is 0.134. The van der Waals surface area contributed by atoms with E-state index in [1.165, 1.54) is 12.5 Å². The molecule has 88 valence electrons. The summed E-state index contributed by atoms with van der Waals surface area (Å²) in [6.07, 6.45) is 2.24. The van der Waals surface area contributed by atoms with Gasteiger partial charge in [0, 0.05) is 15.8 Å². The highest BCUT2D eigenvalue weighted by molar-refractivity contribution is 8.00. The molecule has 1 saturated heterocycles. The average Bonchev–Trinajstić information content (AvgIpc) is 2.75. The van der Waals surface area contributed by atoms with Crippen LogP contribution in [0.5, 0.6) is 0 Å². The fourth-order valence-electron chi connectivity index (χ4n) is 2.02. The molecular formula is C11H14ClFN2S. The summed E-state index contributed by atoms with van der Waals surface area (Å²) in [7, 11) is 0. The number of benzene rings is 1.